The SMILES string of the molecule is CCOC(=O)N1CCN(C(=NC)NCc2ccccc2N2CCOCC2)CC1.I. The van der Waals surface area contributed by atoms with Gasteiger partial charge >= 0.3 is 6.09 Å². The van der Waals surface area contributed by atoms with Crippen LogP contribution in [0.25, 0.3) is 0 Å². The zero-order valence-electron chi connectivity index (χ0n) is 17.3. The summed E-state index contributed by atoms with van der Waals surface area (Å²) in [6, 6.07) is 8.48. The molecule has 1 aromatic carbocycles. The summed E-state index contributed by atoms with van der Waals surface area (Å²) < 4.78 is 10.6. The number of piperazine rings is 1. The van der Waals surface area contributed by atoms with Crippen LogP contribution in [0.3, 0.4) is 0 Å². The van der Waals surface area contributed by atoms with Crippen molar-refractivity contribution in [3.05, 3.63) is 29.8 Å². The van der Waals surface area contributed by atoms with Crippen LogP contribution in [-0.4, -0.2) is 88.0 Å². The Morgan fingerprint density at radius 1 is 1.10 bits per heavy atom. The molecule has 1 amide bonds. The molecule has 1 aromatic rings. The van der Waals surface area contributed by atoms with Crippen LogP contribution in [0.4, 0.5) is 10.5 Å². The summed E-state index contributed by atoms with van der Waals surface area (Å²) in [5, 5.41) is 3.49. The average molecular weight is 517 g/mol. The molecule has 2 heterocycles. The van der Waals surface area contributed by atoms with Gasteiger partial charge in [0.25, 0.3) is 0 Å². The maximum Gasteiger partial charge on any atom is 0.409 e. The van der Waals surface area contributed by atoms with Gasteiger partial charge in [-0.25, -0.2) is 4.79 Å². The first-order chi connectivity index (χ1) is 13.7. The molecule has 162 valence electrons. The lowest BCUT2D eigenvalue weighted by Crippen LogP contribution is -2.53. The summed E-state index contributed by atoms with van der Waals surface area (Å²) in [7, 11) is 1.80. The third-order valence-electron chi connectivity index (χ3n) is 5.10. The molecule has 0 radical (unpaired) electrons. The van der Waals surface area contributed by atoms with Gasteiger partial charge in [-0.05, 0) is 18.6 Å². The van der Waals surface area contributed by atoms with Gasteiger partial charge in [-0.2, -0.15) is 0 Å². The molecular formula is C20H32IN5O3. The van der Waals surface area contributed by atoms with Gasteiger partial charge in [-0.1, -0.05) is 18.2 Å². The number of hydrogen-bond acceptors (Lipinski definition) is 5. The molecule has 2 saturated heterocycles. The number of nitrogens with one attached hydrogen (secondary N) is 1. The number of para-hydroxylation sites is 1. The molecule has 0 atom stereocenters. The van der Waals surface area contributed by atoms with Gasteiger partial charge in [0.05, 0.1) is 19.8 Å². The number of carbonyl (C=O) groups excluding carboxylic acids is 1. The van der Waals surface area contributed by atoms with Crippen LogP contribution in [0.5, 0.6) is 0 Å². The van der Waals surface area contributed by atoms with E-state index in [1.54, 1.807) is 11.9 Å². The van der Waals surface area contributed by atoms with Crippen LogP contribution >= 0.6 is 24.0 Å². The number of halogens is 1. The van der Waals surface area contributed by atoms with Crippen LogP contribution in [-0.2, 0) is 16.0 Å². The molecule has 0 bridgehead atoms. The van der Waals surface area contributed by atoms with E-state index in [0.29, 0.717) is 26.2 Å². The lowest BCUT2D eigenvalue weighted by molar-refractivity contribution is 0.0914. The number of amides is 1. The number of nitrogens with zero attached hydrogens (tertiary/aromatic N) is 4. The van der Waals surface area contributed by atoms with Gasteiger partial charge in [-0.3, -0.25) is 4.99 Å². The Labute approximate surface area is 190 Å². The molecule has 2 fully saturated rings. The van der Waals surface area contributed by atoms with Crippen LogP contribution in [0.1, 0.15) is 12.5 Å². The Hall–Kier alpha value is -1.75. The zero-order valence-corrected chi connectivity index (χ0v) is 19.6. The number of benzene rings is 1. The van der Waals surface area contributed by atoms with Gasteiger partial charge in [-0.15, -0.1) is 24.0 Å². The van der Waals surface area contributed by atoms with E-state index in [2.05, 4.69) is 44.4 Å². The Bertz CT molecular complexity index is 674. The lowest BCUT2D eigenvalue weighted by atomic mass is 10.1. The molecule has 0 saturated carbocycles. The molecule has 0 unspecified atom stereocenters. The van der Waals surface area contributed by atoms with Crippen molar-refractivity contribution in [2.75, 3.05) is 71.0 Å². The van der Waals surface area contributed by atoms with Crippen molar-refractivity contribution in [3.63, 3.8) is 0 Å². The van der Waals surface area contributed by atoms with Crippen molar-refractivity contribution in [1.82, 2.24) is 15.1 Å². The number of anilines is 1. The molecule has 0 aromatic heterocycles. The fraction of sp³-hybridized carbons (Fsp3) is 0.600. The van der Waals surface area contributed by atoms with E-state index in [1.165, 1.54) is 11.3 Å². The van der Waals surface area contributed by atoms with Crippen LogP contribution in [0.2, 0.25) is 0 Å². The Morgan fingerprint density at radius 3 is 2.41 bits per heavy atom. The highest BCUT2D eigenvalue weighted by Gasteiger charge is 2.24. The topological polar surface area (TPSA) is 69.6 Å². The first-order valence-corrected chi connectivity index (χ1v) is 10.0. The summed E-state index contributed by atoms with van der Waals surface area (Å²) in [6.07, 6.45) is -0.232. The molecule has 2 aliphatic rings. The quantitative estimate of drug-likeness (QED) is 0.375. The minimum atomic E-state index is -0.232. The summed E-state index contributed by atoms with van der Waals surface area (Å²) in [6.45, 7) is 9.09. The first kappa shape index (κ1) is 23.5. The van der Waals surface area contributed by atoms with Gasteiger partial charge in [0, 0.05) is 58.5 Å². The fourth-order valence-corrected chi connectivity index (χ4v) is 3.60. The van der Waals surface area contributed by atoms with Crippen LogP contribution in [0, 0.1) is 0 Å². The monoisotopic (exact) mass is 517 g/mol. The Morgan fingerprint density at radius 2 is 1.76 bits per heavy atom. The van der Waals surface area contributed by atoms with Crippen molar-refractivity contribution < 1.29 is 14.3 Å². The number of guanidine groups is 1. The molecule has 1 N–H and O–H groups in total. The number of morpholine rings is 1. The standard InChI is InChI=1S/C20H31N5O3.HI/c1-3-28-20(26)25-10-8-24(9-11-25)19(21-2)22-16-17-6-4-5-7-18(17)23-12-14-27-15-13-23;/h4-7H,3,8-16H2,1-2H3,(H,21,22);1H. The van der Waals surface area contributed by atoms with Crippen molar-refractivity contribution >= 4 is 41.7 Å². The second-order valence-electron chi connectivity index (χ2n) is 6.80. The van der Waals surface area contributed by atoms with Gasteiger partial charge in [0.15, 0.2) is 5.96 Å². The fourth-order valence-electron chi connectivity index (χ4n) is 3.60. The van der Waals surface area contributed by atoms with Crippen molar-refractivity contribution in [1.29, 1.82) is 0 Å². The zero-order chi connectivity index (χ0) is 19.8. The Kier molecular flexibility index (Phi) is 9.79. The normalized spacial score (nSPS) is 17.6. The van der Waals surface area contributed by atoms with E-state index in [1.807, 2.05) is 6.92 Å². The minimum Gasteiger partial charge on any atom is -0.450 e. The minimum absolute atomic E-state index is 0. The highest BCUT2D eigenvalue weighted by atomic mass is 127. The second kappa shape index (κ2) is 12.1. The van der Waals surface area contributed by atoms with Gasteiger partial charge in [0.2, 0.25) is 0 Å². The third kappa shape index (κ3) is 6.36. The van der Waals surface area contributed by atoms with E-state index in [9.17, 15) is 4.79 Å². The predicted molar refractivity (Wildman–Crippen MR) is 125 cm³/mol. The number of aliphatic imine (C=N–C) groups is 1. The number of ether oxygens (including phenoxy) is 2. The molecule has 3 rings (SSSR count). The highest BCUT2D eigenvalue weighted by Crippen LogP contribution is 2.21. The third-order valence-corrected chi connectivity index (χ3v) is 5.10. The highest BCUT2D eigenvalue weighted by molar-refractivity contribution is 14.0. The molecule has 8 nitrogen and oxygen atoms in total. The summed E-state index contributed by atoms with van der Waals surface area (Å²) in [5.74, 6) is 0.861. The summed E-state index contributed by atoms with van der Waals surface area (Å²) in [4.78, 5) is 22.6. The lowest BCUT2D eigenvalue weighted by Gasteiger charge is -2.36. The van der Waals surface area contributed by atoms with Crippen molar-refractivity contribution in [3.8, 4) is 0 Å². The molecule has 29 heavy (non-hydrogen) atoms. The van der Waals surface area contributed by atoms with Crippen molar-refractivity contribution in [2.24, 2.45) is 4.99 Å². The summed E-state index contributed by atoms with van der Waals surface area (Å²) >= 11 is 0. The maximum atomic E-state index is 11.9. The molecule has 0 aliphatic carbocycles. The molecule has 0 spiro atoms. The maximum absolute atomic E-state index is 11.9. The van der Waals surface area contributed by atoms with Crippen LogP contribution in [0.15, 0.2) is 29.3 Å². The molecule has 9 heteroatoms. The number of hydrogen-bond donors (Lipinski definition) is 1. The van der Waals surface area contributed by atoms with E-state index in [4.69, 9.17) is 9.47 Å². The van der Waals surface area contributed by atoms with Crippen LogP contribution < -0.4 is 10.2 Å². The number of carbonyl (C=O) groups is 1. The van der Waals surface area contributed by atoms with Gasteiger partial charge in [0.1, 0.15) is 0 Å². The largest absolute Gasteiger partial charge is 0.450 e. The van der Waals surface area contributed by atoms with E-state index in [-0.39, 0.29) is 30.1 Å². The van der Waals surface area contributed by atoms with E-state index < -0.39 is 0 Å². The summed E-state index contributed by atoms with van der Waals surface area (Å²) in [5.41, 5.74) is 2.50. The van der Waals surface area contributed by atoms with Crippen molar-refractivity contribution in [2.45, 2.75) is 13.5 Å². The second-order valence-corrected chi connectivity index (χ2v) is 6.80. The van der Waals surface area contributed by atoms with E-state index in [0.717, 1.165) is 45.4 Å². The average Bonchev–Trinajstić information content (AvgIpc) is 2.76. The first-order valence-electron chi connectivity index (χ1n) is 10.0. The Balaban J connectivity index is 0.00000300. The van der Waals surface area contributed by atoms with E-state index >= 15 is 0 Å². The molecule has 2 aliphatic heterocycles. The van der Waals surface area contributed by atoms with Gasteiger partial charge < -0.3 is 29.5 Å². The number of rotatable bonds is 4. The molecular weight excluding hydrogens is 485 g/mol. The smallest absolute Gasteiger partial charge is 0.409 e. The predicted octanol–water partition coefficient (Wildman–Crippen LogP) is 1.99.